The largest absolute Gasteiger partial charge is 0.430 e. The Bertz CT molecular complexity index is 1300. The van der Waals surface area contributed by atoms with Gasteiger partial charge >= 0.3 is 6.18 Å². The van der Waals surface area contributed by atoms with Crippen molar-refractivity contribution in [3.05, 3.63) is 58.2 Å². The number of carbonyl (C=O) groups is 2. The number of hydrogen-bond acceptors (Lipinski definition) is 5. The molecule has 1 aromatic heterocycles. The maximum Gasteiger partial charge on any atom is 0.430 e. The Morgan fingerprint density at radius 2 is 1.66 bits per heavy atom. The van der Waals surface area contributed by atoms with E-state index in [-0.39, 0.29) is 23.0 Å². The lowest BCUT2D eigenvalue weighted by atomic mass is 9.68. The number of hydrogen-bond donors (Lipinski definition) is 1. The third-order valence-electron chi connectivity index (χ3n) is 9.09. The third kappa shape index (κ3) is 5.65. The molecule has 41 heavy (non-hydrogen) atoms. The maximum absolute atomic E-state index is 14.3. The number of halogens is 4. The Morgan fingerprint density at radius 1 is 1.00 bits per heavy atom. The quantitative estimate of drug-likeness (QED) is 0.446. The van der Waals surface area contributed by atoms with Crippen molar-refractivity contribution >= 4 is 29.2 Å². The molecule has 0 bridgehead atoms. The molecule has 1 saturated heterocycles. The first-order chi connectivity index (χ1) is 19.3. The molecule has 2 heterocycles. The van der Waals surface area contributed by atoms with Gasteiger partial charge in [0.1, 0.15) is 11.0 Å². The lowest BCUT2D eigenvalue weighted by Gasteiger charge is -2.48. The van der Waals surface area contributed by atoms with Crippen molar-refractivity contribution in [1.29, 1.82) is 0 Å². The standard InChI is InChI=1S/C30H36ClF3N4O3/c1-36(2)27(39)24-9-10-25(35-26(24)31)38-13-11-19(12-14-38)21-16-23(17-21)37(3)28(40)29(41,30(32,33)34)22-6-4-5-20(15-22)18-7-8-18/h4-6,9-10,15,18-19,21,23,41H,7-8,11-14,16-17H2,1-3H3/t21-,23-,29-/m1/s1. The summed E-state index contributed by atoms with van der Waals surface area (Å²) < 4.78 is 42.8. The number of amides is 2. The van der Waals surface area contributed by atoms with Crippen LogP contribution in [0.25, 0.3) is 0 Å². The number of aromatic nitrogens is 1. The van der Waals surface area contributed by atoms with Crippen LogP contribution in [-0.4, -0.2) is 78.2 Å². The number of alkyl halides is 3. The summed E-state index contributed by atoms with van der Waals surface area (Å²) in [6, 6.07) is 8.90. The van der Waals surface area contributed by atoms with Gasteiger partial charge in [0.2, 0.25) is 0 Å². The molecule has 222 valence electrons. The Balaban J connectivity index is 1.18. The highest BCUT2D eigenvalue weighted by molar-refractivity contribution is 6.32. The van der Waals surface area contributed by atoms with Gasteiger partial charge < -0.3 is 19.8 Å². The molecule has 0 spiro atoms. The van der Waals surface area contributed by atoms with Crippen LogP contribution in [0.15, 0.2) is 36.4 Å². The topological polar surface area (TPSA) is 77.0 Å². The summed E-state index contributed by atoms with van der Waals surface area (Å²) in [5, 5.41) is 11.1. The fraction of sp³-hybridized carbons (Fsp3) is 0.567. The zero-order chi connectivity index (χ0) is 29.7. The molecule has 2 aromatic rings. The summed E-state index contributed by atoms with van der Waals surface area (Å²) >= 11 is 6.29. The molecule has 1 aliphatic heterocycles. The number of nitrogens with zero attached hydrogens (tertiary/aromatic N) is 4. The molecule has 3 fully saturated rings. The Morgan fingerprint density at radius 3 is 2.22 bits per heavy atom. The van der Waals surface area contributed by atoms with E-state index in [0.717, 1.165) is 49.2 Å². The van der Waals surface area contributed by atoms with Crippen LogP contribution in [0, 0.1) is 11.8 Å². The summed E-state index contributed by atoms with van der Waals surface area (Å²) in [6.45, 7) is 1.49. The van der Waals surface area contributed by atoms with Gasteiger partial charge in [-0.25, -0.2) is 4.98 Å². The van der Waals surface area contributed by atoms with Gasteiger partial charge in [0, 0.05) is 45.8 Å². The third-order valence-corrected chi connectivity index (χ3v) is 9.38. The molecule has 2 amide bonds. The number of benzene rings is 1. The molecule has 5 rings (SSSR count). The molecule has 2 saturated carbocycles. The van der Waals surface area contributed by atoms with Gasteiger partial charge in [0.15, 0.2) is 0 Å². The normalized spacial score (nSPS) is 23.0. The maximum atomic E-state index is 14.3. The van der Waals surface area contributed by atoms with Crippen molar-refractivity contribution in [2.45, 2.75) is 62.3 Å². The first-order valence-electron chi connectivity index (χ1n) is 14.1. The summed E-state index contributed by atoms with van der Waals surface area (Å²) in [5.74, 6) is 0.0433. The Hall–Kier alpha value is -2.85. The molecule has 2 aliphatic carbocycles. The average molecular weight is 593 g/mol. The van der Waals surface area contributed by atoms with E-state index in [9.17, 15) is 27.9 Å². The van der Waals surface area contributed by atoms with Crippen molar-refractivity contribution in [3.63, 3.8) is 0 Å². The van der Waals surface area contributed by atoms with Crippen molar-refractivity contribution in [2.24, 2.45) is 11.8 Å². The molecule has 0 unspecified atom stereocenters. The molecule has 7 nitrogen and oxygen atoms in total. The van der Waals surface area contributed by atoms with Crippen LogP contribution >= 0.6 is 11.6 Å². The minimum atomic E-state index is -5.15. The minimum Gasteiger partial charge on any atom is -0.369 e. The summed E-state index contributed by atoms with van der Waals surface area (Å²) in [4.78, 5) is 34.6. The van der Waals surface area contributed by atoms with Gasteiger partial charge in [-0.2, -0.15) is 13.2 Å². The number of piperidine rings is 1. The number of likely N-dealkylation sites (N-methyl/N-ethyl adjacent to an activating group) is 1. The van der Waals surface area contributed by atoms with Gasteiger partial charge in [0.25, 0.3) is 17.4 Å². The second kappa shape index (κ2) is 11.1. The zero-order valence-electron chi connectivity index (χ0n) is 23.5. The highest BCUT2D eigenvalue weighted by atomic mass is 35.5. The smallest absolute Gasteiger partial charge is 0.369 e. The number of carbonyl (C=O) groups excluding carboxylic acids is 2. The minimum absolute atomic E-state index is 0.163. The molecular weight excluding hydrogens is 557 g/mol. The zero-order valence-corrected chi connectivity index (χ0v) is 24.3. The van der Waals surface area contributed by atoms with Gasteiger partial charge in [-0.05, 0) is 74.0 Å². The molecular formula is C30H36ClF3N4O3. The van der Waals surface area contributed by atoms with Crippen LogP contribution in [0.5, 0.6) is 0 Å². The number of pyridine rings is 1. The van der Waals surface area contributed by atoms with Gasteiger partial charge in [-0.1, -0.05) is 35.9 Å². The first kappa shape index (κ1) is 29.6. The van der Waals surface area contributed by atoms with Gasteiger partial charge in [-0.15, -0.1) is 0 Å². The van der Waals surface area contributed by atoms with E-state index in [1.54, 1.807) is 32.3 Å². The number of rotatable bonds is 7. The van der Waals surface area contributed by atoms with Gasteiger partial charge in [-0.3, -0.25) is 9.59 Å². The molecule has 1 atom stereocenters. The van der Waals surface area contributed by atoms with E-state index in [2.05, 4.69) is 9.88 Å². The highest BCUT2D eigenvalue weighted by Gasteiger charge is 2.62. The Kier molecular flexibility index (Phi) is 8.02. The number of anilines is 1. The average Bonchev–Trinajstić information content (AvgIpc) is 3.76. The van der Waals surface area contributed by atoms with Crippen molar-refractivity contribution in [3.8, 4) is 0 Å². The van der Waals surface area contributed by atoms with E-state index in [1.807, 2.05) is 0 Å². The predicted molar refractivity (Wildman–Crippen MR) is 150 cm³/mol. The van der Waals surface area contributed by atoms with Crippen molar-refractivity contribution in [1.82, 2.24) is 14.8 Å². The Labute approximate surface area is 243 Å². The van der Waals surface area contributed by atoms with Crippen LogP contribution < -0.4 is 4.90 Å². The fourth-order valence-electron chi connectivity index (χ4n) is 6.20. The van der Waals surface area contributed by atoms with Crippen molar-refractivity contribution < 1.29 is 27.9 Å². The van der Waals surface area contributed by atoms with E-state index >= 15 is 0 Å². The van der Waals surface area contributed by atoms with Crippen LogP contribution in [0.3, 0.4) is 0 Å². The lowest BCUT2D eigenvalue weighted by Crippen LogP contribution is -2.59. The van der Waals surface area contributed by atoms with E-state index in [1.165, 1.54) is 30.1 Å². The second-order valence-electron chi connectivity index (χ2n) is 11.9. The van der Waals surface area contributed by atoms with Crippen molar-refractivity contribution in [2.75, 3.05) is 39.1 Å². The molecule has 11 heteroatoms. The van der Waals surface area contributed by atoms with E-state index in [0.29, 0.717) is 36.1 Å². The molecule has 1 N–H and O–H groups in total. The SMILES string of the molecule is CN(C)C(=O)c1ccc(N2CCC([C@H]3C[C@H](N(C)C(=O)[C@](O)(c4cccc(C5CC5)c4)C(F)(F)F)C3)CC2)nc1Cl. The summed E-state index contributed by atoms with van der Waals surface area (Å²) in [6.07, 6.45) is -0.370. The second-order valence-corrected chi connectivity index (χ2v) is 12.3. The van der Waals surface area contributed by atoms with Crippen LogP contribution in [-0.2, 0) is 10.4 Å². The number of aliphatic hydroxyl groups is 1. The monoisotopic (exact) mass is 592 g/mol. The lowest BCUT2D eigenvalue weighted by molar-refractivity contribution is -0.263. The van der Waals surface area contributed by atoms with Crippen LogP contribution in [0.2, 0.25) is 5.15 Å². The summed E-state index contributed by atoms with van der Waals surface area (Å²) in [7, 11) is 4.67. The first-order valence-corrected chi connectivity index (χ1v) is 14.5. The van der Waals surface area contributed by atoms with Crippen LogP contribution in [0.1, 0.15) is 65.9 Å². The van der Waals surface area contributed by atoms with E-state index < -0.39 is 23.2 Å². The summed E-state index contributed by atoms with van der Waals surface area (Å²) in [5.41, 5.74) is -2.92. The fourth-order valence-corrected chi connectivity index (χ4v) is 6.43. The van der Waals surface area contributed by atoms with E-state index in [4.69, 9.17) is 11.6 Å². The van der Waals surface area contributed by atoms with Crippen LogP contribution in [0.4, 0.5) is 19.0 Å². The molecule has 3 aliphatic rings. The predicted octanol–water partition coefficient (Wildman–Crippen LogP) is 5.22. The van der Waals surface area contributed by atoms with Gasteiger partial charge in [0.05, 0.1) is 5.56 Å². The molecule has 0 radical (unpaired) electrons. The molecule has 1 aromatic carbocycles. The highest BCUT2D eigenvalue weighted by Crippen LogP contribution is 2.47.